The van der Waals surface area contributed by atoms with Gasteiger partial charge in [-0.25, -0.2) is 8.42 Å². The molecule has 0 aromatic carbocycles. The number of aldehydes is 1. The highest BCUT2D eigenvalue weighted by Crippen LogP contribution is 2.24. The van der Waals surface area contributed by atoms with Crippen LogP contribution in [0.2, 0.25) is 0 Å². The van der Waals surface area contributed by atoms with Gasteiger partial charge in [-0.1, -0.05) is 12.2 Å². The van der Waals surface area contributed by atoms with Crippen LogP contribution in [0, 0.1) is 5.92 Å². The van der Waals surface area contributed by atoms with E-state index in [1.165, 1.54) is 0 Å². The maximum absolute atomic E-state index is 11.1. The third-order valence-corrected chi connectivity index (χ3v) is 4.11. The molecule has 4 heteroatoms. The molecule has 0 aliphatic carbocycles. The third-order valence-electron chi connectivity index (χ3n) is 2.28. The molecule has 13 heavy (non-hydrogen) atoms. The first-order valence-electron chi connectivity index (χ1n) is 4.34. The minimum Gasteiger partial charge on any atom is -0.303 e. The Balaban J connectivity index is 2.40. The van der Waals surface area contributed by atoms with E-state index in [2.05, 4.69) is 6.58 Å². The Morgan fingerprint density at radius 3 is 2.69 bits per heavy atom. The van der Waals surface area contributed by atoms with Crippen LogP contribution in [0.3, 0.4) is 0 Å². The van der Waals surface area contributed by atoms with Crippen molar-refractivity contribution in [2.45, 2.75) is 19.3 Å². The number of sulfone groups is 1. The Morgan fingerprint density at radius 2 is 2.23 bits per heavy atom. The van der Waals surface area contributed by atoms with E-state index in [0.29, 0.717) is 18.6 Å². The number of carbonyl (C=O) groups is 1. The maximum atomic E-state index is 11.1. The zero-order valence-corrected chi connectivity index (χ0v) is 8.35. The van der Waals surface area contributed by atoms with E-state index in [-0.39, 0.29) is 11.7 Å². The molecule has 0 radical (unpaired) electrons. The standard InChI is InChI=1S/C9H14O3S/c1-8(2-4-10)6-9-3-5-13(11,12)7-9/h4,9H,1-3,5-7H2. The summed E-state index contributed by atoms with van der Waals surface area (Å²) in [6.07, 6.45) is 2.57. The first-order valence-corrected chi connectivity index (χ1v) is 6.16. The van der Waals surface area contributed by atoms with E-state index < -0.39 is 9.84 Å². The summed E-state index contributed by atoms with van der Waals surface area (Å²) in [6, 6.07) is 0. The van der Waals surface area contributed by atoms with Gasteiger partial charge in [0.2, 0.25) is 0 Å². The number of hydrogen-bond acceptors (Lipinski definition) is 3. The highest BCUT2D eigenvalue weighted by atomic mass is 32.2. The summed E-state index contributed by atoms with van der Waals surface area (Å²) in [5, 5.41) is 0. The van der Waals surface area contributed by atoms with Gasteiger partial charge in [0.05, 0.1) is 11.5 Å². The predicted octanol–water partition coefficient (Wildman–Crippen LogP) is 0.956. The van der Waals surface area contributed by atoms with Crippen molar-refractivity contribution in [3.63, 3.8) is 0 Å². The van der Waals surface area contributed by atoms with Gasteiger partial charge >= 0.3 is 0 Å². The molecule has 1 atom stereocenters. The Morgan fingerprint density at radius 1 is 1.54 bits per heavy atom. The van der Waals surface area contributed by atoms with Crippen LogP contribution in [0.25, 0.3) is 0 Å². The highest BCUT2D eigenvalue weighted by Gasteiger charge is 2.27. The molecule has 0 amide bonds. The quantitative estimate of drug-likeness (QED) is 0.504. The van der Waals surface area contributed by atoms with Crippen molar-refractivity contribution in [3.8, 4) is 0 Å². The zero-order valence-electron chi connectivity index (χ0n) is 7.53. The lowest BCUT2D eigenvalue weighted by Crippen LogP contribution is -2.05. The monoisotopic (exact) mass is 202 g/mol. The number of carbonyl (C=O) groups excluding carboxylic acids is 1. The van der Waals surface area contributed by atoms with Crippen molar-refractivity contribution in [3.05, 3.63) is 12.2 Å². The van der Waals surface area contributed by atoms with Crippen LogP contribution in [-0.2, 0) is 14.6 Å². The summed E-state index contributed by atoms with van der Waals surface area (Å²) in [5.41, 5.74) is 0.845. The van der Waals surface area contributed by atoms with Crippen molar-refractivity contribution in [1.82, 2.24) is 0 Å². The summed E-state index contributed by atoms with van der Waals surface area (Å²) in [7, 11) is -2.79. The second-order valence-electron chi connectivity index (χ2n) is 3.59. The van der Waals surface area contributed by atoms with Crippen LogP contribution in [0.15, 0.2) is 12.2 Å². The summed E-state index contributed by atoms with van der Waals surface area (Å²) in [6.45, 7) is 3.73. The molecule has 3 nitrogen and oxygen atoms in total. The molecule has 74 valence electrons. The van der Waals surface area contributed by atoms with Crippen molar-refractivity contribution in [2.75, 3.05) is 11.5 Å². The molecule has 1 saturated heterocycles. The average Bonchev–Trinajstić information content (AvgIpc) is 2.30. The lowest BCUT2D eigenvalue weighted by Gasteiger charge is -2.07. The van der Waals surface area contributed by atoms with Gasteiger partial charge in [0.15, 0.2) is 9.84 Å². The lowest BCUT2D eigenvalue weighted by atomic mass is 9.98. The van der Waals surface area contributed by atoms with E-state index in [1.54, 1.807) is 0 Å². The fourth-order valence-corrected chi connectivity index (χ4v) is 3.50. The molecule has 0 aromatic heterocycles. The van der Waals surface area contributed by atoms with Gasteiger partial charge in [0, 0.05) is 6.42 Å². The molecule has 1 aliphatic heterocycles. The van der Waals surface area contributed by atoms with Crippen LogP contribution in [0.1, 0.15) is 19.3 Å². The van der Waals surface area contributed by atoms with Gasteiger partial charge in [-0.3, -0.25) is 0 Å². The topological polar surface area (TPSA) is 51.2 Å². The second-order valence-corrected chi connectivity index (χ2v) is 5.82. The van der Waals surface area contributed by atoms with Crippen LogP contribution >= 0.6 is 0 Å². The molecule has 1 rings (SSSR count). The number of rotatable bonds is 4. The molecule has 0 N–H and O–H groups in total. The van der Waals surface area contributed by atoms with E-state index in [1.807, 2.05) is 0 Å². The Hall–Kier alpha value is -0.640. The molecule has 0 bridgehead atoms. The summed E-state index contributed by atoms with van der Waals surface area (Å²) in [5.74, 6) is 0.758. The summed E-state index contributed by atoms with van der Waals surface area (Å²) >= 11 is 0. The van der Waals surface area contributed by atoms with E-state index in [9.17, 15) is 13.2 Å². The highest BCUT2D eigenvalue weighted by molar-refractivity contribution is 7.91. The lowest BCUT2D eigenvalue weighted by molar-refractivity contribution is -0.107. The van der Waals surface area contributed by atoms with Crippen molar-refractivity contribution in [1.29, 1.82) is 0 Å². The molecule has 0 saturated carbocycles. The molecule has 1 heterocycles. The van der Waals surface area contributed by atoms with Gasteiger partial charge in [-0.05, 0) is 18.8 Å². The molecule has 1 aliphatic rings. The normalized spacial score (nSPS) is 25.7. The molecule has 0 aromatic rings. The van der Waals surface area contributed by atoms with Gasteiger partial charge in [-0.15, -0.1) is 0 Å². The zero-order chi connectivity index (χ0) is 9.90. The Labute approximate surface area is 78.8 Å². The third kappa shape index (κ3) is 3.30. The molecule has 0 spiro atoms. The van der Waals surface area contributed by atoms with Crippen LogP contribution in [0.4, 0.5) is 0 Å². The van der Waals surface area contributed by atoms with E-state index in [0.717, 1.165) is 18.3 Å². The average molecular weight is 202 g/mol. The molecule has 1 fully saturated rings. The van der Waals surface area contributed by atoms with Crippen molar-refractivity contribution >= 4 is 16.1 Å². The van der Waals surface area contributed by atoms with Gasteiger partial charge < -0.3 is 4.79 Å². The van der Waals surface area contributed by atoms with Crippen molar-refractivity contribution in [2.24, 2.45) is 5.92 Å². The van der Waals surface area contributed by atoms with Gasteiger partial charge in [0.25, 0.3) is 0 Å². The first-order chi connectivity index (χ1) is 6.03. The van der Waals surface area contributed by atoms with Crippen LogP contribution in [0.5, 0.6) is 0 Å². The molecular formula is C9H14O3S. The largest absolute Gasteiger partial charge is 0.303 e. The summed E-state index contributed by atoms with van der Waals surface area (Å²) in [4.78, 5) is 10.1. The van der Waals surface area contributed by atoms with Crippen LogP contribution < -0.4 is 0 Å². The smallest absolute Gasteiger partial charge is 0.150 e. The fraction of sp³-hybridized carbons (Fsp3) is 0.667. The molecule has 1 unspecified atom stereocenters. The van der Waals surface area contributed by atoms with Crippen LogP contribution in [-0.4, -0.2) is 26.2 Å². The molecular weight excluding hydrogens is 188 g/mol. The van der Waals surface area contributed by atoms with E-state index in [4.69, 9.17) is 0 Å². The second kappa shape index (κ2) is 4.05. The van der Waals surface area contributed by atoms with Gasteiger partial charge in [-0.2, -0.15) is 0 Å². The number of hydrogen-bond donors (Lipinski definition) is 0. The van der Waals surface area contributed by atoms with E-state index >= 15 is 0 Å². The first kappa shape index (κ1) is 10.4. The Bertz CT molecular complexity index is 303. The predicted molar refractivity (Wildman–Crippen MR) is 51.2 cm³/mol. The minimum atomic E-state index is -2.79. The summed E-state index contributed by atoms with van der Waals surface area (Å²) < 4.78 is 22.2. The SMILES string of the molecule is C=C(CC=O)CC1CCS(=O)(=O)C1. The maximum Gasteiger partial charge on any atom is 0.150 e. The van der Waals surface area contributed by atoms with Crippen molar-refractivity contribution < 1.29 is 13.2 Å². The fourth-order valence-electron chi connectivity index (χ4n) is 1.64. The van der Waals surface area contributed by atoms with Gasteiger partial charge in [0.1, 0.15) is 6.29 Å². The Kier molecular flexibility index (Phi) is 3.25. The number of allylic oxidation sites excluding steroid dienone is 1. The minimum absolute atomic E-state index is 0.192.